The standard InChI is InChI=1S/C10H13N3O2/c11-8-3-7(4-12-5-8)10(14)13-9-1-2-15-6-9/h3-5,9H,1-2,6,11H2,(H,13,14)/t9-/m0/s1. The topological polar surface area (TPSA) is 77.2 Å². The first-order chi connectivity index (χ1) is 7.25. The molecule has 2 rings (SSSR count). The van der Waals surface area contributed by atoms with Crippen LogP contribution in [0.1, 0.15) is 16.8 Å². The number of rotatable bonds is 2. The van der Waals surface area contributed by atoms with E-state index in [0.29, 0.717) is 24.5 Å². The molecule has 0 bridgehead atoms. The van der Waals surface area contributed by atoms with Gasteiger partial charge in [0, 0.05) is 19.0 Å². The molecule has 0 unspecified atom stereocenters. The predicted molar refractivity (Wildman–Crippen MR) is 55.3 cm³/mol. The summed E-state index contributed by atoms with van der Waals surface area (Å²) < 4.78 is 5.16. The van der Waals surface area contributed by atoms with Gasteiger partial charge >= 0.3 is 0 Å². The number of carbonyl (C=O) groups excluding carboxylic acids is 1. The van der Waals surface area contributed by atoms with Crippen molar-refractivity contribution in [3.8, 4) is 0 Å². The molecule has 1 aliphatic rings. The highest BCUT2D eigenvalue weighted by atomic mass is 16.5. The lowest BCUT2D eigenvalue weighted by Crippen LogP contribution is -2.35. The molecule has 1 saturated heterocycles. The molecule has 1 aromatic rings. The zero-order chi connectivity index (χ0) is 10.7. The van der Waals surface area contributed by atoms with Crippen LogP contribution in [0.15, 0.2) is 18.5 Å². The van der Waals surface area contributed by atoms with Gasteiger partial charge in [-0.05, 0) is 12.5 Å². The molecule has 2 heterocycles. The SMILES string of the molecule is Nc1cncc(C(=O)N[C@H]2CCOC2)c1. The number of hydrogen-bond donors (Lipinski definition) is 2. The first kappa shape index (κ1) is 9.92. The fourth-order valence-electron chi connectivity index (χ4n) is 1.50. The van der Waals surface area contributed by atoms with E-state index in [1.54, 1.807) is 6.07 Å². The number of nitrogen functional groups attached to an aromatic ring is 1. The van der Waals surface area contributed by atoms with Gasteiger partial charge < -0.3 is 15.8 Å². The molecule has 1 atom stereocenters. The summed E-state index contributed by atoms with van der Waals surface area (Å²) in [6.45, 7) is 1.29. The van der Waals surface area contributed by atoms with Crippen LogP contribution in [-0.4, -0.2) is 30.1 Å². The van der Waals surface area contributed by atoms with E-state index in [-0.39, 0.29) is 11.9 Å². The Morgan fingerprint density at radius 1 is 1.60 bits per heavy atom. The van der Waals surface area contributed by atoms with Crippen LogP contribution < -0.4 is 11.1 Å². The van der Waals surface area contributed by atoms with E-state index in [1.807, 2.05) is 0 Å². The highest BCUT2D eigenvalue weighted by molar-refractivity contribution is 5.94. The Kier molecular flexibility index (Phi) is 2.82. The molecular formula is C10H13N3O2. The quantitative estimate of drug-likeness (QED) is 0.725. The van der Waals surface area contributed by atoms with Crippen LogP contribution >= 0.6 is 0 Å². The number of pyridine rings is 1. The lowest BCUT2D eigenvalue weighted by atomic mass is 10.2. The molecule has 1 aliphatic heterocycles. The number of nitrogens with two attached hydrogens (primary N) is 1. The van der Waals surface area contributed by atoms with E-state index in [1.165, 1.54) is 12.4 Å². The molecule has 0 aromatic carbocycles. The summed E-state index contributed by atoms with van der Waals surface area (Å²) in [5.74, 6) is -0.148. The Labute approximate surface area is 87.6 Å². The molecule has 1 fully saturated rings. The van der Waals surface area contributed by atoms with Crippen LogP contribution in [0.5, 0.6) is 0 Å². The first-order valence-corrected chi connectivity index (χ1v) is 4.85. The zero-order valence-corrected chi connectivity index (χ0v) is 8.27. The fraction of sp³-hybridized carbons (Fsp3) is 0.400. The Bertz CT molecular complexity index is 361. The van der Waals surface area contributed by atoms with Gasteiger partial charge in [0.2, 0.25) is 0 Å². The monoisotopic (exact) mass is 207 g/mol. The molecule has 0 radical (unpaired) electrons. The van der Waals surface area contributed by atoms with Gasteiger partial charge in [-0.15, -0.1) is 0 Å². The molecule has 5 nitrogen and oxygen atoms in total. The third kappa shape index (κ3) is 2.44. The Morgan fingerprint density at radius 3 is 3.13 bits per heavy atom. The van der Waals surface area contributed by atoms with Gasteiger partial charge in [-0.3, -0.25) is 9.78 Å². The smallest absolute Gasteiger partial charge is 0.253 e. The molecule has 0 aliphatic carbocycles. The summed E-state index contributed by atoms with van der Waals surface area (Å²) in [5, 5.41) is 2.86. The maximum atomic E-state index is 11.7. The third-order valence-electron chi connectivity index (χ3n) is 2.29. The molecule has 0 saturated carbocycles. The Balaban J connectivity index is 2.01. The van der Waals surface area contributed by atoms with Crippen LogP contribution in [0.2, 0.25) is 0 Å². The van der Waals surface area contributed by atoms with Crippen LogP contribution in [-0.2, 0) is 4.74 Å². The number of hydrogen-bond acceptors (Lipinski definition) is 4. The summed E-state index contributed by atoms with van der Waals surface area (Å²) in [7, 11) is 0. The van der Waals surface area contributed by atoms with Gasteiger partial charge in [0.05, 0.1) is 23.9 Å². The number of anilines is 1. The van der Waals surface area contributed by atoms with Crippen LogP contribution in [0.4, 0.5) is 5.69 Å². The minimum Gasteiger partial charge on any atom is -0.397 e. The van der Waals surface area contributed by atoms with Crippen molar-refractivity contribution in [1.82, 2.24) is 10.3 Å². The van der Waals surface area contributed by atoms with E-state index in [4.69, 9.17) is 10.5 Å². The second-order valence-electron chi connectivity index (χ2n) is 3.54. The molecule has 0 spiro atoms. The van der Waals surface area contributed by atoms with Crippen LogP contribution in [0.3, 0.4) is 0 Å². The second-order valence-corrected chi connectivity index (χ2v) is 3.54. The summed E-state index contributed by atoms with van der Waals surface area (Å²) in [6, 6.07) is 1.72. The van der Waals surface area contributed by atoms with Crippen molar-refractivity contribution in [2.24, 2.45) is 0 Å². The Morgan fingerprint density at radius 2 is 2.47 bits per heavy atom. The van der Waals surface area contributed by atoms with Gasteiger partial charge in [-0.1, -0.05) is 0 Å². The van der Waals surface area contributed by atoms with Crippen LogP contribution in [0, 0.1) is 0 Å². The number of amides is 1. The lowest BCUT2D eigenvalue weighted by molar-refractivity contribution is 0.0929. The summed E-state index contributed by atoms with van der Waals surface area (Å²) in [5.41, 5.74) is 6.52. The molecule has 15 heavy (non-hydrogen) atoms. The van der Waals surface area contributed by atoms with E-state index < -0.39 is 0 Å². The van der Waals surface area contributed by atoms with E-state index in [9.17, 15) is 4.79 Å². The van der Waals surface area contributed by atoms with Gasteiger partial charge in [-0.2, -0.15) is 0 Å². The van der Waals surface area contributed by atoms with Crippen molar-refractivity contribution >= 4 is 11.6 Å². The zero-order valence-electron chi connectivity index (χ0n) is 8.27. The molecule has 3 N–H and O–H groups in total. The third-order valence-corrected chi connectivity index (χ3v) is 2.29. The minimum atomic E-state index is -0.148. The van der Waals surface area contributed by atoms with Crippen molar-refractivity contribution in [3.05, 3.63) is 24.0 Å². The second kappa shape index (κ2) is 4.27. The van der Waals surface area contributed by atoms with Crippen molar-refractivity contribution in [2.45, 2.75) is 12.5 Å². The summed E-state index contributed by atoms with van der Waals surface area (Å²) in [4.78, 5) is 15.6. The molecular weight excluding hydrogens is 194 g/mol. The Hall–Kier alpha value is -1.62. The van der Waals surface area contributed by atoms with E-state index in [0.717, 1.165) is 6.42 Å². The van der Waals surface area contributed by atoms with Crippen molar-refractivity contribution in [3.63, 3.8) is 0 Å². The summed E-state index contributed by atoms with van der Waals surface area (Å²) >= 11 is 0. The molecule has 80 valence electrons. The molecule has 1 amide bonds. The van der Waals surface area contributed by atoms with Gasteiger partial charge in [0.15, 0.2) is 0 Å². The first-order valence-electron chi connectivity index (χ1n) is 4.85. The average Bonchev–Trinajstić information content (AvgIpc) is 2.70. The number of carbonyl (C=O) groups is 1. The fourth-order valence-corrected chi connectivity index (χ4v) is 1.50. The number of ether oxygens (including phenoxy) is 1. The van der Waals surface area contributed by atoms with Gasteiger partial charge in [0.1, 0.15) is 0 Å². The average molecular weight is 207 g/mol. The number of nitrogens with zero attached hydrogens (tertiary/aromatic N) is 1. The molecule has 1 aromatic heterocycles. The van der Waals surface area contributed by atoms with Gasteiger partial charge in [0.25, 0.3) is 5.91 Å². The number of nitrogens with one attached hydrogen (secondary N) is 1. The maximum absolute atomic E-state index is 11.7. The van der Waals surface area contributed by atoms with Gasteiger partial charge in [-0.25, -0.2) is 0 Å². The van der Waals surface area contributed by atoms with Crippen molar-refractivity contribution in [2.75, 3.05) is 18.9 Å². The van der Waals surface area contributed by atoms with Crippen molar-refractivity contribution < 1.29 is 9.53 Å². The predicted octanol–water partition coefficient (Wildman–Crippen LogP) is 0.182. The normalized spacial score (nSPS) is 20.1. The largest absolute Gasteiger partial charge is 0.397 e. The highest BCUT2D eigenvalue weighted by Gasteiger charge is 2.18. The lowest BCUT2D eigenvalue weighted by Gasteiger charge is -2.10. The van der Waals surface area contributed by atoms with E-state index >= 15 is 0 Å². The van der Waals surface area contributed by atoms with E-state index in [2.05, 4.69) is 10.3 Å². The number of aromatic nitrogens is 1. The summed E-state index contributed by atoms with van der Waals surface area (Å²) in [6.07, 6.45) is 3.87. The highest BCUT2D eigenvalue weighted by Crippen LogP contribution is 2.07. The van der Waals surface area contributed by atoms with Crippen LogP contribution in [0.25, 0.3) is 0 Å². The van der Waals surface area contributed by atoms with Crippen molar-refractivity contribution in [1.29, 1.82) is 0 Å². The maximum Gasteiger partial charge on any atom is 0.253 e. The minimum absolute atomic E-state index is 0.110. The molecule has 5 heteroatoms.